The molecule has 0 saturated carbocycles. The van der Waals surface area contributed by atoms with Gasteiger partial charge in [0.1, 0.15) is 11.4 Å². The average molecular weight is 328 g/mol. The van der Waals surface area contributed by atoms with Crippen LogP contribution in [0.3, 0.4) is 0 Å². The van der Waals surface area contributed by atoms with Gasteiger partial charge in [-0.1, -0.05) is 22.0 Å². The molecule has 0 spiro atoms. The highest BCUT2D eigenvalue weighted by molar-refractivity contribution is 9.10. The first-order valence-electron chi connectivity index (χ1n) is 5.96. The second-order valence-corrected chi connectivity index (χ2v) is 5.82. The molecule has 1 saturated heterocycles. The number of carbonyl (C=O) groups is 1. The predicted octanol–water partition coefficient (Wildman–Crippen LogP) is 2.29. The Morgan fingerprint density at radius 1 is 1.42 bits per heavy atom. The van der Waals surface area contributed by atoms with Gasteiger partial charge in [-0.3, -0.25) is 15.1 Å². The summed E-state index contributed by atoms with van der Waals surface area (Å²) < 4.78 is 14.7. The van der Waals surface area contributed by atoms with Gasteiger partial charge in [0.05, 0.1) is 0 Å². The molecular formula is C13H15BrFN3O. The maximum absolute atomic E-state index is 14.0. The Morgan fingerprint density at radius 3 is 2.68 bits per heavy atom. The number of amides is 1. The summed E-state index contributed by atoms with van der Waals surface area (Å²) in [6.07, 6.45) is 0. The quantitative estimate of drug-likeness (QED) is 0.875. The smallest absolute Gasteiger partial charge is 0.256 e. The summed E-state index contributed by atoms with van der Waals surface area (Å²) in [7, 11) is 0. The van der Waals surface area contributed by atoms with Crippen molar-refractivity contribution in [2.75, 3.05) is 0 Å². The van der Waals surface area contributed by atoms with E-state index in [0.717, 1.165) is 0 Å². The molecule has 0 aromatic heterocycles. The molecule has 0 aliphatic carbocycles. The summed E-state index contributed by atoms with van der Waals surface area (Å²) in [6, 6.07) is 4.67. The largest absolute Gasteiger partial charge is 0.338 e. The van der Waals surface area contributed by atoms with E-state index in [1.165, 1.54) is 6.07 Å². The van der Waals surface area contributed by atoms with Crippen molar-refractivity contribution in [3.05, 3.63) is 34.1 Å². The Labute approximate surface area is 119 Å². The van der Waals surface area contributed by atoms with Crippen LogP contribution in [0.2, 0.25) is 0 Å². The van der Waals surface area contributed by atoms with Crippen molar-refractivity contribution >= 4 is 27.8 Å². The summed E-state index contributed by atoms with van der Waals surface area (Å²) in [6.45, 7) is 5.44. The number of nitrogens with one attached hydrogen (secondary N) is 2. The van der Waals surface area contributed by atoms with Gasteiger partial charge in [0.2, 0.25) is 0 Å². The number of benzene rings is 1. The van der Waals surface area contributed by atoms with E-state index in [2.05, 4.69) is 31.6 Å². The lowest BCUT2D eigenvalue weighted by molar-refractivity contribution is -0.123. The highest BCUT2D eigenvalue weighted by Crippen LogP contribution is 2.28. The molecule has 1 aromatic carbocycles. The number of nitrogens with zero attached hydrogens (tertiary/aromatic N) is 1. The minimum absolute atomic E-state index is 0.0416. The lowest BCUT2D eigenvalue weighted by Crippen LogP contribution is -2.41. The van der Waals surface area contributed by atoms with Crippen LogP contribution in [0, 0.1) is 5.82 Å². The molecule has 1 aliphatic rings. The Balaban J connectivity index is 2.40. The van der Waals surface area contributed by atoms with Gasteiger partial charge in [-0.2, -0.15) is 0 Å². The monoisotopic (exact) mass is 327 g/mol. The first kappa shape index (κ1) is 14.0. The number of aliphatic imine (C=N–C) groups is 1. The van der Waals surface area contributed by atoms with E-state index >= 15 is 0 Å². The maximum Gasteiger partial charge on any atom is 0.256 e. The standard InChI is InChI=1S/C13H15BrFN3O/c1-7(2)16-12-17-11(19)13(3,18-12)9-5-4-8(14)6-10(9)15/h4-7H,1-3H3,(H2,16,17,18,19). The fraction of sp³-hybridized carbons (Fsp3) is 0.385. The molecule has 2 rings (SSSR count). The third kappa shape index (κ3) is 2.63. The molecule has 1 aliphatic heterocycles. The van der Waals surface area contributed by atoms with Crippen LogP contribution in [0.15, 0.2) is 27.7 Å². The number of rotatable bonds is 2. The third-order valence-corrected chi connectivity index (χ3v) is 3.40. The van der Waals surface area contributed by atoms with Crippen molar-refractivity contribution in [1.82, 2.24) is 10.6 Å². The van der Waals surface area contributed by atoms with Crippen molar-refractivity contribution in [3.8, 4) is 0 Å². The van der Waals surface area contributed by atoms with Gasteiger partial charge >= 0.3 is 0 Å². The second-order valence-electron chi connectivity index (χ2n) is 4.90. The lowest BCUT2D eigenvalue weighted by Gasteiger charge is -2.22. The molecule has 4 nitrogen and oxygen atoms in total. The molecule has 1 atom stereocenters. The number of hydrogen-bond donors (Lipinski definition) is 2. The van der Waals surface area contributed by atoms with Crippen molar-refractivity contribution in [3.63, 3.8) is 0 Å². The Morgan fingerprint density at radius 2 is 2.11 bits per heavy atom. The highest BCUT2D eigenvalue weighted by Gasteiger charge is 2.44. The number of halogens is 2. The molecule has 19 heavy (non-hydrogen) atoms. The zero-order chi connectivity index (χ0) is 14.2. The van der Waals surface area contributed by atoms with Gasteiger partial charge in [-0.25, -0.2) is 4.39 Å². The maximum atomic E-state index is 14.0. The van der Waals surface area contributed by atoms with Crippen LogP contribution in [0.25, 0.3) is 0 Å². The van der Waals surface area contributed by atoms with E-state index in [-0.39, 0.29) is 11.9 Å². The molecule has 0 bridgehead atoms. The van der Waals surface area contributed by atoms with Crippen LogP contribution in [0.4, 0.5) is 4.39 Å². The zero-order valence-electron chi connectivity index (χ0n) is 10.9. The second kappa shape index (κ2) is 4.92. The zero-order valence-corrected chi connectivity index (χ0v) is 12.5. The fourth-order valence-corrected chi connectivity index (χ4v) is 2.30. The van der Waals surface area contributed by atoms with E-state index in [1.807, 2.05) is 13.8 Å². The first-order chi connectivity index (χ1) is 8.83. The van der Waals surface area contributed by atoms with Gasteiger partial charge in [0, 0.05) is 16.1 Å². The average Bonchev–Trinajstić information content (AvgIpc) is 2.53. The molecule has 6 heteroatoms. The van der Waals surface area contributed by atoms with Gasteiger partial charge in [0.15, 0.2) is 5.96 Å². The molecule has 0 radical (unpaired) electrons. The molecule has 2 N–H and O–H groups in total. The van der Waals surface area contributed by atoms with Crippen LogP contribution in [-0.4, -0.2) is 17.9 Å². The summed E-state index contributed by atoms with van der Waals surface area (Å²) in [5, 5.41) is 5.60. The van der Waals surface area contributed by atoms with E-state index in [4.69, 9.17) is 0 Å². The molecule has 1 unspecified atom stereocenters. The number of hydrogen-bond acceptors (Lipinski definition) is 2. The van der Waals surface area contributed by atoms with Crippen LogP contribution in [-0.2, 0) is 10.3 Å². The van der Waals surface area contributed by atoms with E-state index in [9.17, 15) is 9.18 Å². The van der Waals surface area contributed by atoms with Gasteiger partial charge in [-0.15, -0.1) is 0 Å². The topological polar surface area (TPSA) is 53.5 Å². The van der Waals surface area contributed by atoms with Crippen LogP contribution in [0.1, 0.15) is 26.3 Å². The minimum Gasteiger partial charge on any atom is -0.338 e. The SMILES string of the molecule is CC(C)N=C1NC(=O)C(C)(c2ccc(Br)cc2F)N1. The van der Waals surface area contributed by atoms with Crippen molar-refractivity contribution in [1.29, 1.82) is 0 Å². The summed E-state index contributed by atoms with van der Waals surface area (Å²) in [4.78, 5) is 16.3. The van der Waals surface area contributed by atoms with Crippen LogP contribution < -0.4 is 10.6 Å². The van der Waals surface area contributed by atoms with Crippen LogP contribution in [0.5, 0.6) is 0 Å². The van der Waals surface area contributed by atoms with Crippen molar-refractivity contribution in [2.45, 2.75) is 32.4 Å². The van der Waals surface area contributed by atoms with Crippen LogP contribution >= 0.6 is 15.9 Å². The highest BCUT2D eigenvalue weighted by atomic mass is 79.9. The summed E-state index contributed by atoms with van der Waals surface area (Å²) in [5.74, 6) is -0.372. The van der Waals surface area contributed by atoms with E-state index in [1.54, 1.807) is 19.1 Å². The van der Waals surface area contributed by atoms with Gasteiger partial charge in [0.25, 0.3) is 5.91 Å². The number of guanidine groups is 1. The Bertz CT molecular complexity index is 559. The Hall–Kier alpha value is -1.43. The molecular weight excluding hydrogens is 313 g/mol. The third-order valence-electron chi connectivity index (χ3n) is 2.91. The van der Waals surface area contributed by atoms with Crippen molar-refractivity contribution < 1.29 is 9.18 Å². The van der Waals surface area contributed by atoms with E-state index < -0.39 is 11.4 Å². The van der Waals surface area contributed by atoms with Gasteiger partial charge in [-0.05, 0) is 32.9 Å². The predicted molar refractivity (Wildman–Crippen MR) is 75.3 cm³/mol. The molecule has 102 valence electrons. The number of carbonyl (C=O) groups excluding carboxylic acids is 1. The summed E-state index contributed by atoms with van der Waals surface area (Å²) >= 11 is 3.20. The molecule has 1 heterocycles. The van der Waals surface area contributed by atoms with Gasteiger partial charge < -0.3 is 5.32 Å². The minimum atomic E-state index is -1.14. The molecule has 1 amide bonds. The molecule has 1 fully saturated rings. The first-order valence-corrected chi connectivity index (χ1v) is 6.75. The molecule has 1 aromatic rings. The van der Waals surface area contributed by atoms with E-state index in [0.29, 0.717) is 16.0 Å². The van der Waals surface area contributed by atoms with Crippen molar-refractivity contribution in [2.24, 2.45) is 4.99 Å². The summed E-state index contributed by atoms with van der Waals surface area (Å²) in [5.41, 5.74) is -0.847. The fourth-order valence-electron chi connectivity index (χ4n) is 1.96. The normalized spacial score (nSPS) is 24.7. The lowest BCUT2D eigenvalue weighted by atomic mass is 9.92. The Kier molecular flexibility index (Phi) is 3.62.